The number of nitrogens with two attached hydrogens (primary N) is 1. The lowest BCUT2D eigenvalue weighted by molar-refractivity contribution is -0.327. The zero-order valence-corrected chi connectivity index (χ0v) is 18.3. The molecule has 0 radical (unpaired) electrons. The van der Waals surface area contributed by atoms with Crippen LogP contribution >= 0.6 is 23.2 Å². The van der Waals surface area contributed by atoms with Gasteiger partial charge in [0.05, 0.1) is 48.6 Å². The van der Waals surface area contributed by atoms with Gasteiger partial charge in [0.15, 0.2) is 5.82 Å². The van der Waals surface area contributed by atoms with Crippen LogP contribution < -0.4 is 11.1 Å². The number of anilines is 2. The number of alkyl halides is 3. The minimum Gasteiger partial charge on any atom is -0.382 e. The Labute approximate surface area is 187 Å². The summed E-state index contributed by atoms with van der Waals surface area (Å²) >= 11 is 12.2. The number of nitrogens with zero attached hydrogens (tertiary/aromatic N) is 3. The van der Waals surface area contributed by atoms with E-state index >= 15 is 0 Å². The molecule has 8 nitrogen and oxygen atoms in total. The number of ether oxygens (including phenoxy) is 3. The van der Waals surface area contributed by atoms with E-state index in [9.17, 15) is 13.2 Å². The summed E-state index contributed by atoms with van der Waals surface area (Å²) in [4.78, 5) is 4.21. The summed E-state index contributed by atoms with van der Waals surface area (Å²) in [5, 5.41) is 11.8. The minimum atomic E-state index is -4.66. The molecule has 3 N–H and O–H groups in total. The molecule has 0 bridgehead atoms. The molecule has 0 aliphatic carbocycles. The first-order valence-electron chi connectivity index (χ1n) is 9.07. The second-order valence-corrected chi connectivity index (χ2v) is 7.72. The molecule has 0 saturated carbocycles. The molecule has 31 heavy (non-hydrogen) atoms. The molecule has 0 fully saturated rings. The Morgan fingerprint density at radius 3 is 2.39 bits per heavy atom. The number of nitrogens with one attached hydrogen (secondary N) is 1. The van der Waals surface area contributed by atoms with Gasteiger partial charge in [0.2, 0.25) is 5.95 Å². The van der Waals surface area contributed by atoms with Gasteiger partial charge in [-0.2, -0.15) is 4.98 Å². The Kier molecular flexibility index (Phi) is 9.07. The first-order valence-corrected chi connectivity index (χ1v) is 9.83. The van der Waals surface area contributed by atoms with Gasteiger partial charge in [0, 0.05) is 5.56 Å². The molecule has 0 atom stereocenters. The van der Waals surface area contributed by atoms with Crippen molar-refractivity contribution in [3.05, 3.63) is 28.2 Å². The molecule has 0 spiro atoms. The van der Waals surface area contributed by atoms with Crippen molar-refractivity contribution in [2.75, 3.05) is 44.1 Å². The molecule has 1 heterocycles. The zero-order chi connectivity index (χ0) is 23.1. The standard InChI is InChI=1S/C18H22Cl2F3N5O3/c1-17(2,10-30-7-6-29-8-9-31-18(21,22)23)26-16-25-15(24)14(27-28-16)11-4-3-5-12(19)13(11)20/h3-5H,6-10H2,1-2H3,(H3,24,25,26,28). The molecule has 0 aliphatic rings. The Balaban J connectivity index is 1.81. The van der Waals surface area contributed by atoms with Crippen molar-refractivity contribution >= 4 is 35.0 Å². The third-order valence-corrected chi connectivity index (χ3v) is 4.52. The molecule has 2 aromatic rings. The molecule has 172 valence electrons. The number of benzene rings is 1. The van der Waals surface area contributed by atoms with Crippen LogP contribution in [0.3, 0.4) is 0 Å². The monoisotopic (exact) mass is 483 g/mol. The fourth-order valence-electron chi connectivity index (χ4n) is 2.37. The molecular weight excluding hydrogens is 462 g/mol. The lowest BCUT2D eigenvalue weighted by Crippen LogP contribution is -2.37. The van der Waals surface area contributed by atoms with Crippen LogP contribution in [0.2, 0.25) is 10.0 Å². The Hall–Kier alpha value is -1.92. The van der Waals surface area contributed by atoms with Crippen LogP contribution in [-0.2, 0) is 14.2 Å². The fraction of sp³-hybridized carbons (Fsp3) is 0.500. The lowest BCUT2D eigenvalue weighted by Gasteiger charge is -2.26. The summed E-state index contributed by atoms with van der Waals surface area (Å²) < 4.78 is 49.5. The van der Waals surface area contributed by atoms with Crippen LogP contribution in [0.5, 0.6) is 0 Å². The highest BCUT2D eigenvalue weighted by atomic mass is 35.5. The van der Waals surface area contributed by atoms with Crippen LogP contribution in [0.1, 0.15) is 13.8 Å². The quantitative estimate of drug-likeness (QED) is 0.458. The highest BCUT2D eigenvalue weighted by Crippen LogP contribution is 2.34. The lowest BCUT2D eigenvalue weighted by atomic mass is 10.1. The van der Waals surface area contributed by atoms with Gasteiger partial charge in [-0.3, -0.25) is 4.74 Å². The van der Waals surface area contributed by atoms with Gasteiger partial charge in [-0.15, -0.1) is 23.4 Å². The van der Waals surface area contributed by atoms with E-state index in [2.05, 4.69) is 25.2 Å². The van der Waals surface area contributed by atoms with E-state index in [1.54, 1.807) is 18.2 Å². The average Bonchev–Trinajstić information content (AvgIpc) is 2.65. The highest BCUT2D eigenvalue weighted by Gasteiger charge is 2.28. The number of hydrogen-bond donors (Lipinski definition) is 2. The van der Waals surface area contributed by atoms with Crippen molar-refractivity contribution in [3.63, 3.8) is 0 Å². The highest BCUT2D eigenvalue weighted by molar-refractivity contribution is 6.43. The number of nitrogen functional groups attached to an aromatic ring is 1. The number of halogens is 5. The summed E-state index contributed by atoms with van der Waals surface area (Å²) in [6.45, 7) is 3.46. The predicted molar refractivity (Wildman–Crippen MR) is 111 cm³/mol. The van der Waals surface area contributed by atoms with Gasteiger partial charge in [-0.25, -0.2) is 0 Å². The first-order chi connectivity index (χ1) is 14.5. The van der Waals surface area contributed by atoms with Crippen molar-refractivity contribution in [1.29, 1.82) is 0 Å². The summed E-state index contributed by atoms with van der Waals surface area (Å²) in [6.07, 6.45) is -4.66. The van der Waals surface area contributed by atoms with Crippen LogP contribution in [0.25, 0.3) is 11.3 Å². The molecule has 13 heteroatoms. The number of aromatic nitrogens is 3. The fourth-order valence-corrected chi connectivity index (χ4v) is 2.76. The van der Waals surface area contributed by atoms with Gasteiger partial charge in [0.1, 0.15) is 5.69 Å². The van der Waals surface area contributed by atoms with E-state index < -0.39 is 18.5 Å². The van der Waals surface area contributed by atoms with Crippen molar-refractivity contribution in [1.82, 2.24) is 15.2 Å². The minimum absolute atomic E-state index is 0.118. The maximum absolute atomic E-state index is 11.8. The third-order valence-electron chi connectivity index (χ3n) is 3.70. The molecule has 0 unspecified atom stereocenters. The Morgan fingerprint density at radius 2 is 1.71 bits per heavy atom. The van der Waals surface area contributed by atoms with Gasteiger partial charge in [-0.1, -0.05) is 35.3 Å². The van der Waals surface area contributed by atoms with Crippen molar-refractivity contribution in [2.45, 2.75) is 25.7 Å². The summed E-state index contributed by atoms with van der Waals surface area (Å²) in [5.41, 5.74) is 6.24. The van der Waals surface area contributed by atoms with Crippen LogP contribution in [0, 0.1) is 0 Å². The second kappa shape index (κ2) is 11.1. The summed E-state index contributed by atoms with van der Waals surface area (Å²) in [6, 6.07) is 5.06. The van der Waals surface area contributed by atoms with Crippen LogP contribution in [-0.4, -0.2) is 60.1 Å². The molecule has 0 amide bonds. The largest absolute Gasteiger partial charge is 0.522 e. The van der Waals surface area contributed by atoms with Gasteiger partial charge in [0.25, 0.3) is 0 Å². The van der Waals surface area contributed by atoms with E-state index in [0.717, 1.165) is 0 Å². The Bertz CT molecular complexity index is 872. The number of hydrogen-bond acceptors (Lipinski definition) is 8. The van der Waals surface area contributed by atoms with Crippen molar-refractivity contribution < 1.29 is 27.4 Å². The molecule has 1 aromatic heterocycles. The topological polar surface area (TPSA) is 104 Å². The van der Waals surface area contributed by atoms with E-state index in [1.807, 2.05) is 13.8 Å². The second-order valence-electron chi connectivity index (χ2n) is 6.94. The van der Waals surface area contributed by atoms with Crippen LogP contribution in [0.4, 0.5) is 24.9 Å². The summed E-state index contributed by atoms with van der Waals surface area (Å²) in [5.74, 6) is 0.307. The van der Waals surface area contributed by atoms with Gasteiger partial charge >= 0.3 is 6.36 Å². The zero-order valence-electron chi connectivity index (χ0n) is 16.8. The predicted octanol–water partition coefficient (Wildman–Crippen LogP) is 4.19. The normalized spacial score (nSPS) is 12.2. The van der Waals surface area contributed by atoms with Crippen LogP contribution in [0.15, 0.2) is 18.2 Å². The third kappa shape index (κ3) is 8.62. The molecular formula is C18H22Cl2F3N5O3. The SMILES string of the molecule is CC(C)(COCCOCCOC(F)(F)F)Nc1nnc(-c2cccc(Cl)c2Cl)c(N)n1. The Morgan fingerprint density at radius 1 is 1.03 bits per heavy atom. The molecule has 1 aromatic carbocycles. The molecule has 0 aliphatic heterocycles. The van der Waals surface area contributed by atoms with Crippen molar-refractivity contribution in [2.24, 2.45) is 0 Å². The van der Waals surface area contributed by atoms with E-state index in [0.29, 0.717) is 21.3 Å². The van der Waals surface area contributed by atoms with E-state index in [1.165, 1.54) is 0 Å². The number of rotatable bonds is 11. The summed E-state index contributed by atoms with van der Waals surface area (Å²) in [7, 11) is 0. The molecule has 2 rings (SSSR count). The maximum Gasteiger partial charge on any atom is 0.522 e. The first kappa shape index (κ1) is 25.3. The van der Waals surface area contributed by atoms with E-state index in [4.69, 9.17) is 38.4 Å². The average molecular weight is 484 g/mol. The van der Waals surface area contributed by atoms with Gasteiger partial charge < -0.3 is 20.5 Å². The van der Waals surface area contributed by atoms with Crippen molar-refractivity contribution in [3.8, 4) is 11.3 Å². The smallest absolute Gasteiger partial charge is 0.382 e. The van der Waals surface area contributed by atoms with E-state index in [-0.39, 0.29) is 38.2 Å². The van der Waals surface area contributed by atoms with Gasteiger partial charge in [-0.05, 0) is 19.9 Å². The molecule has 0 saturated heterocycles. The maximum atomic E-state index is 11.8.